The zero-order chi connectivity index (χ0) is 9.90. The monoisotopic (exact) mass is 187 g/mol. The number of hydrogen-bond acceptors (Lipinski definition) is 4. The van der Waals surface area contributed by atoms with Gasteiger partial charge in [0.15, 0.2) is 0 Å². The van der Waals surface area contributed by atoms with Gasteiger partial charge in [-0.3, -0.25) is 4.79 Å². The van der Waals surface area contributed by atoms with Crippen molar-refractivity contribution < 1.29 is 14.3 Å². The molecular weight excluding hydrogens is 170 g/mol. The maximum Gasteiger partial charge on any atom is 0.307 e. The Morgan fingerprint density at radius 1 is 1.69 bits per heavy atom. The summed E-state index contributed by atoms with van der Waals surface area (Å²) in [7, 11) is 0. The van der Waals surface area contributed by atoms with Crippen molar-refractivity contribution in [3.63, 3.8) is 0 Å². The summed E-state index contributed by atoms with van der Waals surface area (Å²) in [5.74, 6) is -0.219. The molecule has 0 spiro atoms. The fraction of sp³-hybridized carbons (Fsp3) is 0.889. The highest BCUT2D eigenvalue weighted by molar-refractivity contribution is 5.70. The van der Waals surface area contributed by atoms with Gasteiger partial charge in [0.2, 0.25) is 0 Å². The van der Waals surface area contributed by atoms with Crippen molar-refractivity contribution in [2.45, 2.75) is 26.3 Å². The molecule has 76 valence electrons. The van der Waals surface area contributed by atoms with E-state index in [1.807, 2.05) is 6.92 Å². The van der Waals surface area contributed by atoms with Gasteiger partial charge in [0.25, 0.3) is 0 Å². The highest BCUT2D eigenvalue weighted by Gasteiger charge is 2.40. The van der Waals surface area contributed by atoms with Gasteiger partial charge in [-0.05, 0) is 6.92 Å². The van der Waals surface area contributed by atoms with Crippen molar-refractivity contribution in [1.29, 1.82) is 0 Å². The van der Waals surface area contributed by atoms with E-state index in [4.69, 9.17) is 15.2 Å². The molecule has 0 bridgehead atoms. The Kier molecular flexibility index (Phi) is 3.27. The molecule has 1 atom stereocenters. The van der Waals surface area contributed by atoms with Crippen molar-refractivity contribution in [2.24, 2.45) is 11.1 Å². The molecule has 1 fully saturated rings. The van der Waals surface area contributed by atoms with Crippen LogP contribution in [-0.4, -0.2) is 31.8 Å². The minimum Gasteiger partial charge on any atom is -0.466 e. The summed E-state index contributed by atoms with van der Waals surface area (Å²) < 4.78 is 9.88. The quantitative estimate of drug-likeness (QED) is 0.643. The third kappa shape index (κ3) is 2.42. The molecule has 0 aromatic rings. The van der Waals surface area contributed by atoms with Crippen LogP contribution in [0.3, 0.4) is 0 Å². The summed E-state index contributed by atoms with van der Waals surface area (Å²) >= 11 is 0. The molecule has 4 heteroatoms. The molecule has 4 nitrogen and oxygen atoms in total. The third-order valence-corrected chi connectivity index (χ3v) is 2.45. The maximum atomic E-state index is 11.1. The van der Waals surface area contributed by atoms with Crippen LogP contribution in [0.15, 0.2) is 0 Å². The highest BCUT2D eigenvalue weighted by Crippen LogP contribution is 2.31. The summed E-state index contributed by atoms with van der Waals surface area (Å²) in [6.45, 7) is 5.53. The Morgan fingerprint density at radius 2 is 2.31 bits per heavy atom. The van der Waals surface area contributed by atoms with Crippen LogP contribution in [0.2, 0.25) is 0 Å². The van der Waals surface area contributed by atoms with E-state index >= 15 is 0 Å². The molecule has 2 N–H and O–H groups in total. The average molecular weight is 187 g/mol. The van der Waals surface area contributed by atoms with Crippen LogP contribution in [0.25, 0.3) is 0 Å². The molecule has 0 aromatic carbocycles. The van der Waals surface area contributed by atoms with E-state index < -0.39 is 0 Å². The van der Waals surface area contributed by atoms with Gasteiger partial charge in [-0.2, -0.15) is 0 Å². The summed E-state index contributed by atoms with van der Waals surface area (Å²) in [5, 5.41) is 0. The molecule has 0 radical (unpaired) electrons. The zero-order valence-corrected chi connectivity index (χ0v) is 8.21. The Bertz CT molecular complexity index is 189. The summed E-state index contributed by atoms with van der Waals surface area (Å²) in [5.41, 5.74) is 5.83. The molecule has 1 rings (SSSR count). The molecule has 1 aliphatic rings. The molecule has 0 amide bonds. The number of carbonyl (C=O) groups excluding carboxylic acids is 1. The fourth-order valence-electron chi connectivity index (χ4n) is 1.28. The van der Waals surface area contributed by atoms with Gasteiger partial charge < -0.3 is 15.2 Å². The number of carbonyl (C=O) groups is 1. The molecular formula is C9H17NO3. The summed E-state index contributed by atoms with van der Waals surface area (Å²) in [6, 6.07) is -0.153. The van der Waals surface area contributed by atoms with Gasteiger partial charge in [-0.1, -0.05) is 6.92 Å². The lowest BCUT2D eigenvalue weighted by molar-refractivity contribution is -0.149. The standard InChI is InChI=1S/C9H17NO3/c1-3-13-8(11)4-7(10)9(2)5-12-6-9/h7H,3-6,10H2,1-2H3. The van der Waals surface area contributed by atoms with Crippen molar-refractivity contribution in [3.05, 3.63) is 0 Å². The first-order valence-electron chi connectivity index (χ1n) is 4.57. The topological polar surface area (TPSA) is 61.5 Å². The minimum atomic E-state index is -0.219. The average Bonchev–Trinajstić information content (AvgIpc) is 2.00. The normalized spacial score (nSPS) is 21.8. The zero-order valence-electron chi connectivity index (χ0n) is 8.21. The second-order valence-electron chi connectivity index (χ2n) is 3.76. The van der Waals surface area contributed by atoms with Gasteiger partial charge >= 0.3 is 5.97 Å². The van der Waals surface area contributed by atoms with Crippen molar-refractivity contribution in [2.75, 3.05) is 19.8 Å². The number of rotatable bonds is 4. The Hall–Kier alpha value is -0.610. The molecule has 1 unspecified atom stereocenters. The lowest BCUT2D eigenvalue weighted by Crippen LogP contribution is -2.53. The van der Waals surface area contributed by atoms with Crippen LogP contribution in [0.5, 0.6) is 0 Å². The Balaban J connectivity index is 2.31. The minimum absolute atomic E-state index is 0.0350. The third-order valence-electron chi connectivity index (χ3n) is 2.45. The smallest absolute Gasteiger partial charge is 0.307 e. The summed E-state index contributed by atoms with van der Waals surface area (Å²) in [4.78, 5) is 11.1. The van der Waals surface area contributed by atoms with Crippen LogP contribution in [-0.2, 0) is 14.3 Å². The Morgan fingerprint density at radius 3 is 2.69 bits per heavy atom. The van der Waals surface area contributed by atoms with Crippen LogP contribution in [0.4, 0.5) is 0 Å². The van der Waals surface area contributed by atoms with Gasteiger partial charge in [-0.25, -0.2) is 0 Å². The SMILES string of the molecule is CCOC(=O)CC(N)C1(C)COC1. The van der Waals surface area contributed by atoms with Gasteiger partial charge in [0, 0.05) is 11.5 Å². The van der Waals surface area contributed by atoms with E-state index in [1.165, 1.54) is 0 Å². The molecule has 0 aliphatic carbocycles. The van der Waals surface area contributed by atoms with E-state index in [0.717, 1.165) is 0 Å². The first kappa shape index (κ1) is 10.5. The second-order valence-corrected chi connectivity index (χ2v) is 3.76. The summed E-state index contributed by atoms with van der Waals surface area (Å²) in [6.07, 6.45) is 0.285. The molecule has 0 saturated carbocycles. The highest BCUT2D eigenvalue weighted by atomic mass is 16.5. The van der Waals surface area contributed by atoms with Crippen molar-refractivity contribution in [3.8, 4) is 0 Å². The predicted octanol–water partition coefficient (Wildman–Crippen LogP) is 0.303. The first-order valence-corrected chi connectivity index (χ1v) is 4.57. The lowest BCUT2D eigenvalue weighted by Gasteiger charge is -2.42. The Labute approximate surface area is 78.4 Å². The van der Waals surface area contributed by atoms with E-state index in [2.05, 4.69) is 0 Å². The largest absolute Gasteiger partial charge is 0.466 e. The van der Waals surface area contributed by atoms with Crippen LogP contribution in [0.1, 0.15) is 20.3 Å². The fourth-order valence-corrected chi connectivity index (χ4v) is 1.28. The lowest BCUT2D eigenvalue weighted by atomic mass is 9.79. The predicted molar refractivity (Wildman–Crippen MR) is 48.2 cm³/mol. The molecule has 0 aromatic heterocycles. The molecule has 1 saturated heterocycles. The van der Waals surface area contributed by atoms with Crippen LogP contribution < -0.4 is 5.73 Å². The van der Waals surface area contributed by atoms with Crippen molar-refractivity contribution >= 4 is 5.97 Å². The number of esters is 1. The van der Waals surface area contributed by atoms with E-state index in [-0.39, 0.29) is 23.8 Å². The number of hydrogen-bond donors (Lipinski definition) is 1. The maximum absolute atomic E-state index is 11.1. The van der Waals surface area contributed by atoms with Gasteiger partial charge in [-0.15, -0.1) is 0 Å². The first-order chi connectivity index (χ1) is 6.08. The van der Waals surface area contributed by atoms with Gasteiger partial charge in [0.1, 0.15) is 0 Å². The number of nitrogens with two attached hydrogens (primary N) is 1. The molecule has 1 aliphatic heterocycles. The van der Waals surface area contributed by atoms with Crippen LogP contribution >= 0.6 is 0 Å². The number of ether oxygens (including phenoxy) is 2. The van der Waals surface area contributed by atoms with Gasteiger partial charge in [0.05, 0.1) is 26.2 Å². The van der Waals surface area contributed by atoms with E-state index in [1.54, 1.807) is 6.92 Å². The van der Waals surface area contributed by atoms with Crippen LogP contribution in [0, 0.1) is 5.41 Å². The van der Waals surface area contributed by atoms with Crippen molar-refractivity contribution in [1.82, 2.24) is 0 Å². The molecule has 13 heavy (non-hydrogen) atoms. The second kappa shape index (κ2) is 4.07. The van der Waals surface area contributed by atoms with E-state index in [0.29, 0.717) is 19.8 Å². The van der Waals surface area contributed by atoms with E-state index in [9.17, 15) is 4.79 Å². The molecule has 1 heterocycles.